The molecule has 1 saturated heterocycles. The molecule has 1 unspecified atom stereocenters. The van der Waals surface area contributed by atoms with Crippen molar-refractivity contribution in [3.63, 3.8) is 0 Å². The second-order valence-corrected chi connectivity index (χ2v) is 8.44. The van der Waals surface area contributed by atoms with E-state index < -0.39 is 17.5 Å². The predicted octanol–water partition coefficient (Wildman–Crippen LogP) is 5.17. The van der Waals surface area contributed by atoms with Gasteiger partial charge >= 0.3 is 5.91 Å². The maximum atomic E-state index is 13.9. The van der Waals surface area contributed by atoms with E-state index in [0.717, 1.165) is 5.01 Å². The first-order chi connectivity index (χ1) is 15.8. The van der Waals surface area contributed by atoms with Crippen molar-refractivity contribution in [1.29, 1.82) is 0 Å². The first-order valence-corrected chi connectivity index (χ1v) is 11.0. The van der Waals surface area contributed by atoms with Crippen LogP contribution in [0.1, 0.15) is 6.92 Å². The number of para-hydroxylation sites is 2. The van der Waals surface area contributed by atoms with Crippen molar-refractivity contribution in [2.75, 3.05) is 10.3 Å². The van der Waals surface area contributed by atoms with Gasteiger partial charge in [-0.05, 0) is 36.4 Å². The van der Waals surface area contributed by atoms with Gasteiger partial charge in [0, 0.05) is 17.6 Å². The number of amides is 2. The summed E-state index contributed by atoms with van der Waals surface area (Å²) in [5, 5.41) is 7.60. The van der Waals surface area contributed by atoms with Gasteiger partial charge in [0.05, 0.1) is 15.7 Å². The van der Waals surface area contributed by atoms with Crippen molar-refractivity contribution in [3.05, 3.63) is 87.9 Å². The summed E-state index contributed by atoms with van der Waals surface area (Å²) < 4.78 is 0. The molecule has 3 aromatic rings. The SMILES string of the molecule is CC(=O)NC1(Nc2ccccc2)C(=O)N(c2c(Cl)cc(Cl)cc2Cl)NC1=Nc1ccccc1. The number of halogens is 3. The van der Waals surface area contributed by atoms with Crippen LogP contribution in [-0.2, 0) is 9.59 Å². The highest BCUT2D eigenvalue weighted by Crippen LogP contribution is 2.39. The number of nitrogens with zero attached hydrogens (tertiary/aromatic N) is 2. The third kappa shape index (κ3) is 4.61. The van der Waals surface area contributed by atoms with Crippen LogP contribution in [0.2, 0.25) is 15.1 Å². The summed E-state index contributed by atoms with van der Waals surface area (Å²) >= 11 is 18.8. The number of aliphatic imine (C=N–C) groups is 1. The second kappa shape index (κ2) is 9.31. The number of amidine groups is 1. The van der Waals surface area contributed by atoms with E-state index in [0.29, 0.717) is 16.4 Å². The Labute approximate surface area is 205 Å². The number of rotatable bonds is 5. The molecule has 0 radical (unpaired) electrons. The Balaban J connectivity index is 1.90. The molecule has 1 aliphatic heterocycles. The van der Waals surface area contributed by atoms with Gasteiger partial charge in [0.25, 0.3) is 5.66 Å². The van der Waals surface area contributed by atoms with E-state index >= 15 is 0 Å². The first kappa shape index (κ1) is 22.9. The average Bonchev–Trinajstić information content (AvgIpc) is 3.00. The van der Waals surface area contributed by atoms with Crippen LogP contribution in [0.15, 0.2) is 77.8 Å². The van der Waals surface area contributed by atoms with Crippen LogP contribution in [0.3, 0.4) is 0 Å². The number of nitrogens with one attached hydrogen (secondary N) is 3. The summed E-state index contributed by atoms with van der Waals surface area (Å²) in [6.07, 6.45) is 0. The van der Waals surface area contributed by atoms with Crippen molar-refractivity contribution >= 4 is 69.5 Å². The quantitative estimate of drug-likeness (QED) is 0.420. The Morgan fingerprint density at radius 2 is 1.55 bits per heavy atom. The van der Waals surface area contributed by atoms with Crippen LogP contribution in [0.25, 0.3) is 0 Å². The fourth-order valence-electron chi connectivity index (χ4n) is 3.41. The molecule has 0 saturated carbocycles. The Kier molecular flexibility index (Phi) is 6.47. The Morgan fingerprint density at radius 1 is 0.970 bits per heavy atom. The number of carbonyl (C=O) groups is 2. The van der Waals surface area contributed by atoms with E-state index in [1.54, 1.807) is 36.4 Å². The summed E-state index contributed by atoms with van der Waals surface area (Å²) in [4.78, 5) is 30.8. The molecule has 1 fully saturated rings. The molecule has 4 rings (SSSR count). The summed E-state index contributed by atoms with van der Waals surface area (Å²) in [7, 11) is 0. The average molecular weight is 503 g/mol. The van der Waals surface area contributed by atoms with Crippen LogP contribution in [-0.4, -0.2) is 23.3 Å². The number of hydrogen-bond acceptors (Lipinski definition) is 4. The van der Waals surface area contributed by atoms with Crippen molar-refractivity contribution < 1.29 is 9.59 Å². The molecule has 33 heavy (non-hydrogen) atoms. The molecule has 0 aromatic heterocycles. The van der Waals surface area contributed by atoms with Crippen molar-refractivity contribution in [2.45, 2.75) is 12.6 Å². The molecule has 168 valence electrons. The predicted molar refractivity (Wildman–Crippen MR) is 132 cm³/mol. The highest BCUT2D eigenvalue weighted by Gasteiger charge is 2.55. The minimum absolute atomic E-state index is 0.125. The number of hydrazine groups is 1. The third-order valence-corrected chi connectivity index (χ3v) is 5.56. The highest BCUT2D eigenvalue weighted by molar-refractivity contribution is 6.43. The number of carbonyl (C=O) groups excluding carboxylic acids is 2. The van der Waals surface area contributed by atoms with Crippen molar-refractivity contribution in [1.82, 2.24) is 10.7 Å². The van der Waals surface area contributed by atoms with Gasteiger partial charge in [-0.25, -0.2) is 10.0 Å². The van der Waals surface area contributed by atoms with Crippen LogP contribution in [0, 0.1) is 0 Å². The van der Waals surface area contributed by atoms with E-state index in [9.17, 15) is 9.59 Å². The lowest BCUT2D eigenvalue weighted by molar-refractivity contribution is -0.126. The molecule has 0 aliphatic carbocycles. The molecule has 2 amide bonds. The summed E-state index contributed by atoms with van der Waals surface area (Å²) in [6, 6.07) is 20.9. The summed E-state index contributed by atoms with van der Waals surface area (Å²) in [5.41, 5.74) is 2.52. The van der Waals surface area contributed by atoms with Crippen molar-refractivity contribution in [3.8, 4) is 0 Å². The second-order valence-electron chi connectivity index (χ2n) is 7.19. The minimum atomic E-state index is -1.77. The molecule has 1 heterocycles. The van der Waals surface area contributed by atoms with Crippen molar-refractivity contribution in [2.24, 2.45) is 4.99 Å². The Bertz CT molecular complexity index is 1210. The van der Waals surface area contributed by atoms with E-state index in [-0.39, 0.29) is 21.6 Å². The summed E-state index contributed by atoms with van der Waals surface area (Å²) in [6.45, 7) is 1.31. The Morgan fingerprint density at radius 3 is 2.12 bits per heavy atom. The molecular formula is C23H18Cl3N5O2. The van der Waals surface area contributed by atoms with E-state index in [2.05, 4.69) is 21.1 Å². The topological polar surface area (TPSA) is 85.8 Å². The van der Waals surface area contributed by atoms with Gasteiger partial charge in [-0.3, -0.25) is 15.0 Å². The standard InChI is InChI=1S/C23H18Cl3N5O2/c1-14(32)28-23(29-17-10-6-3-7-11-17)21(27-16-8-4-2-5-9-16)30-31(22(23)33)20-18(25)12-15(24)13-19(20)26/h2-13,29H,1H3,(H,27,30)(H,28,32). The van der Waals surface area contributed by atoms with Gasteiger partial charge in [0.2, 0.25) is 5.91 Å². The molecule has 1 aliphatic rings. The first-order valence-electron chi connectivity index (χ1n) is 9.82. The summed E-state index contributed by atoms with van der Waals surface area (Å²) in [5.74, 6) is -0.924. The highest BCUT2D eigenvalue weighted by atomic mass is 35.5. The normalized spacial score (nSPS) is 18.8. The van der Waals surface area contributed by atoms with E-state index in [1.165, 1.54) is 19.1 Å². The lowest BCUT2D eigenvalue weighted by Crippen LogP contribution is -2.63. The molecule has 7 nitrogen and oxygen atoms in total. The zero-order valence-corrected chi connectivity index (χ0v) is 19.5. The van der Waals surface area contributed by atoms with Crippen LogP contribution >= 0.6 is 34.8 Å². The smallest absolute Gasteiger partial charge is 0.300 e. The fourth-order valence-corrected chi connectivity index (χ4v) is 4.40. The molecule has 10 heteroatoms. The van der Waals surface area contributed by atoms with Gasteiger partial charge in [-0.2, -0.15) is 0 Å². The van der Waals surface area contributed by atoms with E-state index in [1.807, 2.05) is 24.3 Å². The molecule has 3 N–H and O–H groups in total. The zero-order chi connectivity index (χ0) is 23.6. The molecule has 0 spiro atoms. The molecule has 3 aromatic carbocycles. The lowest BCUT2D eigenvalue weighted by Gasteiger charge is -2.29. The molecule has 1 atom stereocenters. The number of hydrogen-bond donors (Lipinski definition) is 3. The van der Waals surface area contributed by atoms with Gasteiger partial charge in [-0.1, -0.05) is 71.2 Å². The number of benzene rings is 3. The molecule has 0 bridgehead atoms. The zero-order valence-electron chi connectivity index (χ0n) is 17.3. The maximum Gasteiger partial charge on any atom is 0.300 e. The fraction of sp³-hybridized carbons (Fsp3) is 0.0870. The van der Waals surface area contributed by atoms with Gasteiger partial charge in [0.15, 0.2) is 5.84 Å². The van der Waals surface area contributed by atoms with Gasteiger partial charge in [0.1, 0.15) is 5.69 Å². The monoisotopic (exact) mass is 501 g/mol. The number of anilines is 2. The van der Waals surface area contributed by atoms with Crippen LogP contribution in [0.4, 0.5) is 17.1 Å². The van der Waals surface area contributed by atoms with Gasteiger partial charge in [-0.15, -0.1) is 0 Å². The van der Waals surface area contributed by atoms with Crippen LogP contribution < -0.4 is 21.1 Å². The third-order valence-electron chi connectivity index (χ3n) is 4.77. The lowest BCUT2D eigenvalue weighted by atomic mass is 10.1. The largest absolute Gasteiger partial charge is 0.349 e. The minimum Gasteiger partial charge on any atom is -0.349 e. The Hall–Kier alpha value is -3.26. The van der Waals surface area contributed by atoms with E-state index in [4.69, 9.17) is 34.8 Å². The van der Waals surface area contributed by atoms with Gasteiger partial charge < -0.3 is 10.6 Å². The molecular weight excluding hydrogens is 485 g/mol. The maximum absolute atomic E-state index is 13.9. The van der Waals surface area contributed by atoms with Crippen LogP contribution in [0.5, 0.6) is 0 Å².